The van der Waals surface area contributed by atoms with E-state index >= 15 is 0 Å². The Labute approximate surface area is 112 Å². The van der Waals surface area contributed by atoms with Gasteiger partial charge in [-0.15, -0.1) is 0 Å². The number of piperidine rings is 1. The van der Waals surface area contributed by atoms with E-state index in [1.54, 1.807) is 19.1 Å². The lowest BCUT2D eigenvalue weighted by atomic mass is 10.0. The average Bonchev–Trinajstić information content (AvgIpc) is 2.47. The van der Waals surface area contributed by atoms with Crippen LogP contribution in [0.5, 0.6) is 0 Å². The second kappa shape index (κ2) is 5.67. The highest BCUT2D eigenvalue weighted by Crippen LogP contribution is 2.27. The highest BCUT2D eigenvalue weighted by molar-refractivity contribution is 5.94. The third-order valence-corrected chi connectivity index (χ3v) is 3.65. The van der Waals surface area contributed by atoms with E-state index in [-0.39, 0.29) is 11.7 Å². The highest BCUT2D eigenvalue weighted by Gasteiger charge is 2.36. The zero-order valence-corrected chi connectivity index (χ0v) is 11.2. The third-order valence-electron chi connectivity index (χ3n) is 3.65. The van der Waals surface area contributed by atoms with Crippen molar-refractivity contribution in [2.75, 3.05) is 27.3 Å². The van der Waals surface area contributed by atoms with Crippen LogP contribution in [-0.2, 0) is 9.47 Å². The van der Waals surface area contributed by atoms with Gasteiger partial charge in [0, 0.05) is 45.7 Å². The van der Waals surface area contributed by atoms with Crippen molar-refractivity contribution in [3.8, 4) is 0 Å². The second-order valence-electron chi connectivity index (χ2n) is 4.62. The molecule has 0 atom stereocenters. The van der Waals surface area contributed by atoms with Crippen molar-refractivity contribution in [2.45, 2.75) is 18.6 Å². The maximum absolute atomic E-state index is 12.8. The standard InChI is InChI=1S/C14H18FNO3/c1-18-14(19-2)7-9-16(10-8-14)13(17)11-3-5-12(15)6-4-11/h3-6H,7-10H2,1-2H3. The van der Waals surface area contributed by atoms with Crippen LogP contribution in [0.15, 0.2) is 24.3 Å². The monoisotopic (exact) mass is 267 g/mol. The van der Waals surface area contributed by atoms with Crippen molar-refractivity contribution < 1.29 is 18.7 Å². The molecule has 0 saturated carbocycles. The molecule has 0 radical (unpaired) electrons. The lowest BCUT2D eigenvalue weighted by Gasteiger charge is -2.39. The van der Waals surface area contributed by atoms with Gasteiger partial charge in [-0.05, 0) is 24.3 Å². The topological polar surface area (TPSA) is 38.8 Å². The number of halogens is 1. The maximum atomic E-state index is 12.8. The average molecular weight is 267 g/mol. The fourth-order valence-electron chi connectivity index (χ4n) is 2.32. The van der Waals surface area contributed by atoms with Gasteiger partial charge in [0.1, 0.15) is 5.82 Å². The number of likely N-dealkylation sites (tertiary alicyclic amines) is 1. The van der Waals surface area contributed by atoms with E-state index in [0.717, 1.165) is 0 Å². The first-order valence-electron chi connectivity index (χ1n) is 6.25. The minimum absolute atomic E-state index is 0.0826. The molecule has 1 aliphatic rings. The molecule has 1 amide bonds. The van der Waals surface area contributed by atoms with Crippen LogP contribution in [-0.4, -0.2) is 43.9 Å². The number of nitrogens with zero attached hydrogens (tertiary/aromatic N) is 1. The Morgan fingerprint density at radius 2 is 1.68 bits per heavy atom. The zero-order chi connectivity index (χ0) is 13.9. The van der Waals surface area contributed by atoms with E-state index in [1.165, 1.54) is 24.3 Å². The van der Waals surface area contributed by atoms with Gasteiger partial charge in [-0.3, -0.25) is 4.79 Å². The molecule has 1 fully saturated rings. The first-order chi connectivity index (χ1) is 9.10. The molecule has 1 heterocycles. The summed E-state index contributed by atoms with van der Waals surface area (Å²) in [4.78, 5) is 14.0. The molecule has 4 nitrogen and oxygen atoms in total. The lowest BCUT2D eigenvalue weighted by molar-refractivity contribution is -0.226. The van der Waals surface area contributed by atoms with E-state index in [2.05, 4.69) is 0 Å². The van der Waals surface area contributed by atoms with Gasteiger partial charge in [0.25, 0.3) is 5.91 Å². The van der Waals surface area contributed by atoms with E-state index in [1.807, 2.05) is 0 Å². The summed E-state index contributed by atoms with van der Waals surface area (Å²) >= 11 is 0. The molecular formula is C14H18FNO3. The number of amides is 1. The number of ether oxygens (including phenoxy) is 2. The molecule has 19 heavy (non-hydrogen) atoms. The van der Waals surface area contributed by atoms with Crippen LogP contribution in [0.2, 0.25) is 0 Å². The van der Waals surface area contributed by atoms with E-state index < -0.39 is 5.79 Å². The Balaban J connectivity index is 2.01. The van der Waals surface area contributed by atoms with Gasteiger partial charge in [0.15, 0.2) is 5.79 Å². The molecule has 1 aromatic carbocycles. The van der Waals surface area contributed by atoms with E-state index in [0.29, 0.717) is 31.5 Å². The summed E-state index contributed by atoms with van der Waals surface area (Å²) in [7, 11) is 3.22. The molecule has 5 heteroatoms. The molecule has 1 saturated heterocycles. The van der Waals surface area contributed by atoms with Crippen LogP contribution in [0, 0.1) is 5.82 Å². The Kier molecular flexibility index (Phi) is 4.17. The predicted molar refractivity (Wildman–Crippen MR) is 68.3 cm³/mol. The number of benzene rings is 1. The van der Waals surface area contributed by atoms with Crippen LogP contribution in [0.3, 0.4) is 0 Å². The predicted octanol–water partition coefficient (Wildman–Crippen LogP) is 2.05. The molecular weight excluding hydrogens is 249 g/mol. The fourth-order valence-corrected chi connectivity index (χ4v) is 2.32. The summed E-state index contributed by atoms with van der Waals surface area (Å²) in [6.45, 7) is 1.13. The fraction of sp³-hybridized carbons (Fsp3) is 0.500. The zero-order valence-electron chi connectivity index (χ0n) is 11.2. The van der Waals surface area contributed by atoms with Crippen LogP contribution in [0.4, 0.5) is 4.39 Å². The first-order valence-corrected chi connectivity index (χ1v) is 6.25. The first kappa shape index (κ1) is 14.0. The Morgan fingerprint density at radius 1 is 1.16 bits per heavy atom. The summed E-state index contributed by atoms with van der Waals surface area (Å²) in [6, 6.07) is 5.61. The Hall–Kier alpha value is -1.46. The maximum Gasteiger partial charge on any atom is 0.253 e. The van der Waals surface area contributed by atoms with Crippen molar-refractivity contribution in [3.05, 3.63) is 35.6 Å². The van der Waals surface area contributed by atoms with Crippen LogP contribution in [0.1, 0.15) is 23.2 Å². The van der Waals surface area contributed by atoms with Crippen molar-refractivity contribution in [3.63, 3.8) is 0 Å². The van der Waals surface area contributed by atoms with Gasteiger partial charge in [0.2, 0.25) is 0 Å². The summed E-state index contributed by atoms with van der Waals surface area (Å²) in [5.41, 5.74) is 0.503. The quantitative estimate of drug-likeness (QED) is 0.787. The Morgan fingerprint density at radius 3 is 2.16 bits per heavy atom. The minimum atomic E-state index is -0.584. The van der Waals surface area contributed by atoms with Crippen molar-refractivity contribution in [1.82, 2.24) is 4.90 Å². The Bertz CT molecular complexity index is 433. The summed E-state index contributed by atoms with van der Waals surface area (Å²) in [6.07, 6.45) is 1.26. The van der Waals surface area contributed by atoms with Gasteiger partial charge in [-0.25, -0.2) is 4.39 Å². The molecule has 1 aromatic rings. The molecule has 104 valence electrons. The number of hydrogen-bond donors (Lipinski definition) is 0. The number of hydrogen-bond acceptors (Lipinski definition) is 3. The lowest BCUT2D eigenvalue weighted by Crippen LogP contribution is -2.48. The van der Waals surface area contributed by atoms with Crippen molar-refractivity contribution in [2.24, 2.45) is 0 Å². The molecule has 2 rings (SSSR count). The third kappa shape index (κ3) is 2.93. The van der Waals surface area contributed by atoms with Gasteiger partial charge in [-0.2, -0.15) is 0 Å². The van der Waals surface area contributed by atoms with Gasteiger partial charge in [-0.1, -0.05) is 0 Å². The van der Waals surface area contributed by atoms with Gasteiger partial charge >= 0.3 is 0 Å². The normalized spacial score (nSPS) is 18.4. The minimum Gasteiger partial charge on any atom is -0.353 e. The largest absolute Gasteiger partial charge is 0.353 e. The smallest absolute Gasteiger partial charge is 0.253 e. The van der Waals surface area contributed by atoms with Crippen LogP contribution >= 0.6 is 0 Å². The molecule has 0 aliphatic carbocycles. The van der Waals surface area contributed by atoms with Crippen molar-refractivity contribution >= 4 is 5.91 Å². The second-order valence-corrected chi connectivity index (χ2v) is 4.62. The molecule has 0 bridgehead atoms. The molecule has 0 spiro atoms. The number of methoxy groups -OCH3 is 2. The number of rotatable bonds is 3. The molecule has 0 aromatic heterocycles. The molecule has 0 unspecified atom stereocenters. The summed E-state index contributed by atoms with van der Waals surface area (Å²) in [5.74, 6) is -1.01. The van der Waals surface area contributed by atoms with Crippen molar-refractivity contribution in [1.29, 1.82) is 0 Å². The van der Waals surface area contributed by atoms with Crippen LogP contribution in [0.25, 0.3) is 0 Å². The SMILES string of the molecule is COC1(OC)CCN(C(=O)c2ccc(F)cc2)CC1. The van der Waals surface area contributed by atoms with Gasteiger partial charge < -0.3 is 14.4 Å². The number of carbonyl (C=O) groups excluding carboxylic acids is 1. The van der Waals surface area contributed by atoms with Crippen LogP contribution < -0.4 is 0 Å². The molecule has 1 aliphatic heterocycles. The summed E-state index contributed by atoms with van der Waals surface area (Å²) in [5, 5.41) is 0. The summed E-state index contributed by atoms with van der Waals surface area (Å²) < 4.78 is 23.6. The van der Waals surface area contributed by atoms with Gasteiger partial charge in [0.05, 0.1) is 0 Å². The molecule has 0 N–H and O–H groups in total. The van der Waals surface area contributed by atoms with E-state index in [4.69, 9.17) is 9.47 Å². The number of carbonyl (C=O) groups is 1. The van der Waals surface area contributed by atoms with E-state index in [9.17, 15) is 9.18 Å². The highest BCUT2D eigenvalue weighted by atomic mass is 19.1.